The van der Waals surface area contributed by atoms with E-state index in [1.54, 1.807) is 0 Å². The van der Waals surface area contributed by atoms with Gasteiger partial charge in [-0.15, -0.1) is 5.10 Å². The van der Waals surface area contributed by atoms with Gasteiger partial charge in [0.05, 0.1) is 16.6 Å². The smallest absolute Gasteiger partial charge is 0.0857 e. The van der Waals surface area contributed by atoms with Gasteiger partial charge in [0.1, 0.15) is 0 Å². The normalized spacial score (nSPS) is 29.4. The Morgan fingerprint density at radius 2 is 1.95 bits per heavy atom. The van der Waals surface area contributed by atoms with E-state index in [1.807, 2.05) is 0 Å². The zero-order chi connectivity index (χ0) is 14.9. The molecule has 1 heterocycles. The maximum Gasteiger partial charge on any atom is 0.0857 e. The minimum Gasteiger partial charge on any atom is -0.271 e. The summed E-state index contributed by atoms with van der Waals surface area (Å²) in [6, 6.07) is 0.194. The summed E-state index contributed by atoms with van der Waals surface area (Å²) in [4.78, 5) is 1.23. The van der Waals surface area contributed by atoms with E-state index in [-0.39, 0.29) is 11.5 Å². The standard InChI is InChI=1S/C15H28N4S/c1-9-6-7-11(8-10(9)2)12(17-16)13-14(15(3,4)5)18-19-20-13/h9-12,17H,6-8,16H2,1-5H3. The van der Waals surface area contributed by atoms with Gasteiger partial charge < -0.3 is 0 Å². The quantitative estimate of drug-likeness (QED) is 0.663. The molecule has 0 aliphatic heterocycles. The van der Waals surface area contributed by atoms with Crippen molar-refractivity contribution in [2.75, 3.05) is 0 Å². The third-order valence-electron chi connectivity index (χ3n) is 4.80. The maximum atomic E-state index is 5.89. The number of nitrogens with one attached hydrogen (secondary N) is 1. The minimum atomic E-state index is 0.0189. The van der Waals surface area contributed by atoms with Gasteiger partial charge in [-0.2, -0.15) is 0 Å². The van der Waals surface area contributed by atoms with Gasteiger partial charge in [-0.1, -0.05) is 45.5 Å². The molecule has 1 aliphatic rings. The highest BCUT2D eigenvalue weighted by Gasteiger charge is 2.35. The van der Waals surface area contributed by atoms with Crippen LogP contribution in [0.25, 0.3) is 0 Å². The van der Waals surface area contributed by atoms with Crippen molar-refractivity contribution in [1.82, 2.24) is 15.0 Å². The highest BCUT2D eigenvalue weighted by atomic mass is 32.1. The zero-order valence-electron chi connectivity index (χ0n) is 13.3. The van der Waals surface area contributed by atoms with Gasteiger partial charge in [0.25, 0.3) is 0 Å². The summed E-state index contributed by atoms with van der Waals surface area (Å²) in [6.45, 7) is 11.3. The molecule has 0 radical (unpaired) electrons. The third-order valence-corrected chi connectivity index (χ3v) is 5.60. The predicted molar refractivity (Wildman–Crippen MR) is 84.3 cm³/mol. The topological polar surface area (TPSA) is 63.8 Å². The lowest BCUT2D eigenvalue weighted by molar-refractivity contribution is 0.172. The lowest BCUT2D eigenvalue weighted by atomic mass is 9.72. The van der Waals surface area contributed by atoms with Crippen LogP contribution in [0.1, 0.15) is 70.5 Å². The molecular weight excluding hydrogens is 268 g/mol. The monoisotopic (exact) mass is 296 g/mol. The second-order valence-corrected chi connectivity index (χ2v) is 8.19. The number of hydrogen-bond acceptors (Lipinski definition) is 5. The summed E-state index contributed by atoms with van der Waals surface area (Å²) in [6.07, 6.45) is 3.76. The van der Waals surface area contributed by atoms with Crippen LogP contribution in [0.5, 0.6) is 0 Å². The van der Waals surface area contributed by atoms with Crippen molar-refractivity contribution in [2.24, 2.45) is 23.6 Å². The van der Waals surface area contributed by atoms with E-state index in [0.29, 0.717) is 5.92 Å². The number of hydrazine groups is 1. The molecule has 20 heavy (non-hydrogen) atoms. The number of hydrogen-bond donors (Lipinski definition) is 2. The zero-order valence-corrected chi connectivity index (χ0v) is 14.1. The number of nitrogens with two attached hydrogens (primary N) is 1. The molecule has 3 N–H and O–H groups in total. The molecule has 1 aromatic rings. The summed E-state index contributed by atoms with van der Waals surface area (Å²) in [5.74, 6) is 8.07. The number of aromatic nitrogens is 2. The summed E-state index contributed by atoms with van der Waals surface area (Å²) >= 11 is 1.50. The summed E-state index contributed by atoms with van der Waals surface area (Å²) < 4.78 is 4.18. The van der Waals surface area contributed by atoms with Crippen molar-refractivity contribution in [1.29, 1.82) is 0 Å². The Balaban J connectivity index is 2.23. The van der Waals surface area contributed by atoms with E-state index in [4.69, 9.17) is 5.84 Å². The fraction of sp³-hybridized carbons (Fsp3) is 0.867. The first-order chi connectivity index (χ1) is 9.34. The first-order valence-electron chi connectivity index (χ1n) is 7.63. The van der Waals surface area contributed by atoms with Crippen LogP contribution in [0.4, 0.5) is 0 Å². The maximum absolute atomic E-state index is 5.89. The van der Waals surface area contributed by atoms with Gasteiger partial charge in [0.2, 0.25) is 0 Å². The molecular formula is C15H28N4S. The summed E-state index contributed by atoms with van der Waals surface area (Å²) in [5, 5.41) is 4.36. The van der Waals surface area contributed by atoms with Crippen LogP contribution in [0.15, 0.2) is 0 Å². The average Bonchev–Trinajstić information content (AvgIpc) is 2.83. The van der Waals surface area contributed by atoms with Crippen LogP contribution < -0.4 is 11.3 Å². The van der Waals surface area contributed by atoms with E-state index in [2.05, 4.69) is 49.6 Å². The number of rotatable bonds is 3. The molecule has 0 amide bonds. The van der Waals surface area contributed by atoms with E-state index in [1.165, 1.54) is 35.7 Å². The molecule has 0 aromatic carbocycles. The van der Waals surface area contributed by atoms with Gasteiger partial charge in [0.15, 0.2) is 0 Å². The van der Waals surface area contributed by atoms with E-state index >= 15 is 0 Å². The molecule has 2 rings (SSSR count). The van der Waals surface area contributed by atoms with Crippen LogP contribution in [0, 0.1) is 17.8 Å². The molecule has 1 saturated carbocycles. The highest BCUT2D eigenvalue weighted by Crippen LogP contribution is 2.42. The Bertz CT molecular complexity index is 437. The summed E-state index contributed by atoms with van der Waals surface area (Å²) in [7, 11) is 0. The van der Waals surface area contributed by atoms with Crippen LogP contribution in [-0.2, 0) is 5.41 Å². The molecule has 4 atom stereocenters. The van der Waals surface area contributed by atoms with E-state index < -0.39 is 0 Å². The van der Waals surface area contributed by atoms with Crippen molar-refractivity contribution >= 4 is 11.5 Å². The minimum absolute atomic E-state index is 0.0189. The molecule has 5 heteroatoms. The first kappa shape index (κ1) is 15.9. The van der Waals surface area contributed by atoms with Gasteiger partial charge in [0, 0.05) is 5.41 Å². The molecule has 1 aromatic heterocycles. The molecule has 4 unspecified atom stereocenters. The first-order valence-corrected chi connectivity index (χ1v) is 8.40. The predicted octanol–water partition coefficient (Wildman–Crippen LogP) is 3.41. The van der Waals surface area contributed by atoms with E-state index in [9.17, 15) is 0 Å². The summed E-state index contributed by atoms with van der Waals surface area (Å²) in [5.41, 5.74) is 4.17. The van der Waals surface area contributed by atoms with Gasteiger partial charge in [-0.05, 0) is 42.1 Å². The van der Waals surface area contributed by atoms with Crippen molar-refractivity contribution in [3.05, 3.63) is 10.6 Å². The van der Waals surface area contributed by atoms with Gasteiger partial charge >= 0.3 is 0 Å². The van der Waals surface area contributed by atoms with Gasteiger partial charge in [-0.3, -0.25) is 11.3 Å². The highest BCUT2D eigenvalue weighted by molar-refractivity contribution is 7.05. The Kier molecular flexibility index (Phi) is 4.82. The Morgan fingerprint density at radius 3 is 2.50 bits per heavy atom. The number of nitrogens with zero attached hydrogens (tertiary/aromatic N) is 2. The second-order valence-electron chi connectivity index (χ2n) is 7.41. The van der Waals surface area contributed by atoms with Crippen molar-refractivity contribution in [3.63, 3.8) is 0 Å². The van der Waals surface area contributed by atoms with Crippen LogP contribution in [-0.4, -0.2) is 9.59 Å². The van der Waals surface area contributed by atoms with Crippen molar-refractivity contribution in [3.8, 4) is 0 Å². The van der Waals surface area contributed by atoms with Crippen molar-refractivity contribution < 1.29 is 0 Å². The van der Waals surface area contributed by atoms with Crippen LogP contribution in [0.2, 0.25) is 0 Å². The molecule has 0 saturated heterocycles. The average molecular weight is 296 g/mol. The Hall–Kier alpha value is -0.520. The lowest BCUT2D eigenvalue weighted by Crippen LogP contribution is -2.37. The lowest BCUT2D eigenvalue weighted by Gasteiger charge is -2.36. The molecule has 1 fully saturated rings. The largest absolute Gasteiger partial charge is 0.271 e. The Morgan fingerprint density at radius 1 is 1.25 bits per heavy atom. The molecule has 0 bridgehead atoms. The van der Waals surface area contributed by atoms with Gasteiger partial charge in [-0.25, -0.2) is 0 Å². The SMILES string of the molecule is CC1CCC(C(NN)c2snnc2C(C)(C)C)CC1C. The second kappa shape index (κ2) is 6.08. The molecule has 4 nitrogen and oxygen atoms in total. The molecule has 1 aliphatic carbocycles. The van der Waals surface area contributed by atoms with Crippen LogP contribution in [0.3, 0.4) is 0 Å². The van der Waals surface area contributed by atoms with E-state index in [0.717, 1.165) is 17.5 Å². The van der Waals surface area contributed by atoms with Crippen molar-refractivity contribution in [2.45, 2.75) is 65.3 Å². The van der Waals surface area contributed by atoms with Crippen LogP contribution >= 0.6 is 11.5 Å². The molecule has 114 valence electrons. The fourth-order valence-corrected chi connectivity index (χ4v) is 4.26. The Labute approximate surface area is 126 Å². The molecule has 0 spiro atoms. The fourth-order valence-electron chi connectivity index (χ4n) is 3.24. The third kappa shape index (κ3) is 3.21.